The number of hydrogen-bond acceptors (Lipinski definition) is 5. The Morgan fingerprint density at radius 2 is 1.78 bits per heavy atom. The lowest BCUT2D eigenvalue weighted by atomic mass is 9.96. The molecule has 1 aromatic rings. The van der Waals surface area contributed by atoms with Crippen molar-refractivity contribution < 1.29 is 9.59 Å². The van der Waals surface area contributed by atoms with E-state index >= 15 is 0 Å². The average molecular weight is 385 g/mol. The van der Waals surface area contributed by atoms with Gasteiger partial charge in [-0.3, -0.25) is 9.59 Å². The molecule has 0 aliphatic carbocycles. The van der Waals surface area contributed by atoms with Crippen molar-refractivity contribution in [3.05, 3.63) is 11.1 Å². The molecule has 0 aliphatic heterocycles. The van der Waals surface area contributed by atoms with E-state index in [1.807, 2.05) is 34.6 Å². The van der Waals surface area contributed by atoms with Gasteiger partial charge in [0.1, 0.15) is 0 Å². The fourth-order valence-electron chi connectivity index (χ4n) is 1.37. The number of nitrogens with zero attached hydrogens (tertiary/aromatic N) is 1. The lowest BCUT2D eigenvalue weighted by molar-refractivity contribution is -0.123. The van der Waals surface area contributed by atoms with Crippen LogP contribution in [-0.2, 0) is 16.0 Å². The van der Waals surface area contributed by atoms with Gasteiger partial charge in [0.15, 0.2) is 5.13 Å². The Morgan fingerprint density at radius 3 is 2.26 bits per heavy atom. The summed E-state index contributed by atoms with van der Waals surface area (Å²) in [6.45, 7) is 9.59. The summed E-state index contributed by atoms with van der Waals surface area (Å²) >= 11 is 1.31. The quantitative estimate of drug-likeness (QED) is 0.725. The molecule has 0 saturated carbocycles. The molecular weight excluding hydrogens is 359 g/mol. The van der Waals surface area contributed by atoms with Gasteiger partial charge in [-0.2, -0.15) is 0 Å². The highest BCUT2D eigenvalue weighted by molar-refractivity contribution is 7.13. The van der Waals surface area contributed by atoms with Crippen LogP contribution >= 0.6 is 36.2 Å². The third-order valence-corrected chi connectivity index (χ3v) is 3.59. The molecule has 1 aromatic heterocycles. The van der Waals surface area contributed by atoms with E-state index in [4.69, 9.17) is 5.73 Å². The predicted octanol–water partition coefficient (Wildman–Crippen LogP) is 2.37. The maximum Gasteiger partial charge on any atom is 0.231 e. The van der Waals surface area contributed by atoms with Crippen LogP contribution in [0.2, 0.25) is 0 Å². The van der Waals surface area contributed by atoms with E-state index < -0.39 is 11.0 Å². The number of aromatic nitrogens is 1. The fourth-order valence-corrected chi connectivity index (χ4v) is 2.07. The molecule has 0 fully saturated rings. The van der Waals surface area contributed by atoms with Crippen molar-refractivity contribution in [2.75, 3.05) is 11.9 Å². The Kier molecular flexibility index (Phi) is 9.97. The molecule has 4 N–H and O–H groups in total. The van der Waals surface area contributed by atoms with Gasteiger partial charge in [-0.15, -0.1) is 36.2 Å². The highest BCUT2D eigenvalue weighted by atomic mass is 35.5. The van der Waals surface area contributed by atoms with Crippen LogP contribution in [0.4, 0.5) is 5.13 Å². The Balaban J connectivity index is 0. The van der Waals surface area contributed by atoms with E-state index in [1.165, 1.54) is 11.3 Å². The second-order valence-electron chi connectivity index (χ2n) is 6.66. The molecular formula is C14H26Cl2N4O2S. The minimum absolute atomic E-state index is 0. The summed E-state index contributed by atoms with van der Waals surface area (Å²) in [4.78, 5) is 28.0. The SMILES string of the molecule is CC(C)(CN)NC(=O)Cc1csc(NC(=O)C(C)(C)C)n1.Cl.Cl. The predicted molar refractivity (Wildman–Crippen MR) is 99.7 cm³/mol. The van der Waals surface area contributed by atoms with Crippen LogP contribution in [0, 0.1) is 5.41 Å². The van der Waals surface area contributed by atoms with Crippen LogP contribution < -0.4 is 16.4 Å². The first-order chi connectivity index (χ1) is 9.53. The molecule has 1 rings (SSSR count). The van der Waals surface area contributed by atoms with Gasteiger partial charge < -0.3 is 16.4 Å². The van der Waals surface area contributed by atoms with Gasteiger partial charge in [0.05, 0.1) is 12.1 Å². The lowest BCUT2D eigenvalue weighted by Gasteiger charge is -2.23. The van der Waals surface area contributed by atoms with Crippen LogP contribution in [0.25, 0.3) is 0 Å². The van der Waals surface area contributed by atoms with Crippen molar-refractivity contribution in [1.29, 1.82) is 0 Å². The van der Waals surface area contributed by atoms with Crippen molar-refractivity contribution in [1.82, 2.24) is 10.3 Å². The van der Waals surface area contributed by atoms with E-state index in [0.717, 1.165) is 0 Å². The van der Waals surface area contributed by atoms with E-state index in [1.54, 1.807) is 5.38 Å². The zero-order chi connectivity index (χ0) is 16.3. The highest BCUT2D eigenvalue weighted by Crippen LogP contribution is 2.20. The van der Waals surface area contributed by atoms with Gasteiger partial charge in [-0.1, -0.05) is 20.8 Å². The molecule has 23 heavy (non-hydrogen) atoms. The summed E-state index contributed by atoms with van der Waals surface area (Å²) in [7, 11) is 0. The van der Waals surface area contributed by atoms with Gasteiger partial charge in [-0.05, 0) is 13.8 Å². The van der Waals surface area contributed by atoms with Gasteiger partial charge in [-0.25, -0.2) is 4.98 Å². The normalized spacial score (nSPS) is 11.0. The minimum Gasteiger partial charge on any atom is -0.350 e. The molecule has 0 aliphatic rings. The van der Waals surface area contributed by atoms with E-state index in [9.17, 15) is 9.59 Å². The van der Waals surface area contributed by atoms with Crippen molar-refractivity contribution in [3.63, 3.8) is 0 Å². The second-order valence-corrected chi connectivity index (χ2v) is 7.52. The molecule has 0 radical (unpaired) electrons. The minimum atomic E-state index is -0.478. The smallest absolute Gasteiger partial charge is 0.231 e. The first-order valence-electron chi connectivity index (χ1n) is 6.80. The molecule has 0 unspecified atom stereocenters. The fraction of sp³-hybridized carbons (Fsp3) is 0.643. The molecule has 6 nitrogen and oxygen atoms in total. The molecule has 2 amide bonds. The summed E-state index contributed by atoms with van der Waals surface area (Å²) in [5.41, 5.74) is 5.29. The first-order valence-corrected chi connectivity index (χ1v) is 7.68. The number of rotatable bonds is 5. The molecule has 9 heteroatoms. The number of halogens is 2. The number of nitrogens with one attached hydrogen (secondary N) is 2. The molecule has 0 atom stereocenters. The van der Waals surface area contributed by atoms with Crippen LogP contribution in [-0.4, -0.2) is 28.9 Å². The largest absolute Gasteiger partial charge is 0.350 e. The summed E-state index contributed by atoms with van der Waals surface area (Å²) in [5.74, 6) is -0.235. The van der Waals surface area contributed by atoms with E-state index in [2.05, 4.69) is 15.6 Å². The van der Waals surface area contributed by atoms with Crippen molar-refractivity contribution in [2.24, 2.45) is 11.1 Å². The van der Waals surface area contributed by atoms with Crippen molar-refractivity contribution in [2.45, 2.75) is 46.6 Å². The Labute approximate surface area is 153 Å². The zero-order valence-electron chi connectivity index (χ0n) is 14.1. The van der Waals surface area contributed by atoms with Crippen LogP contribution in [0.15, 0.2) is 5.38 Å². The summed E-state index contributed by atoms with van der Waals surface area (Å²) < 4.78 is 0. The highest BCUT2D eigenvalue weighted by Gasteiger charge is 2.23. The lowest BCUT2D eigenvalue weighted by Crippen LogP contribution is -2.49. The number of amides is 2. The summed E-state index contributed by atoms with van der Waals surface area (Å²) in [6.07, 6.45) is 0.172. The zero-order valence-corrected chi connectivity index (χ0v) is 16.5. The van der Waals surface area contributed by atoms with E-state index in [0.29, 0.717) is 17.4 Å². The average Bonchev–Trinajstić information content (AvgIpc) is 2.74. The molecule has 0 bridgehead atoms. The van der Waals surface area contributed by atoms with Crippen molar-refractivity contribution in [3.8, 4) is 0 Å². The number of carbonyl (C=O) groups is 2. The Morgan fingerprint density at radius 1 is 1.22 bits per heavy atom. The summed E-state index contributed by atoms with van der Waals surface area (Å²) in [5, 5.41) is 7.87. The molecule has 0 saturated heterocycles. The maximum atomic E-state index is 11.9. The van der Waals surface area contributed by atoms with Gasteiger partial charge in [0, 0.05) is 22.9 Å². The number of thiazole rings is 1. The molecule has 0 spiro atoms. The standard InChI is InChI=1S/C14H24N4O2S.2ClH/c1-13(2,3)11(20)17-12-16-9(7-21-12)6-10(19)18-14(4,5)8-15;;/h7H,6,8,15H2,1-5H3,(H,18,19)(H,16,17,20);2*1H. The maximum absolute atomic E-state index is 11.9. The van der Waals surface area contributed by atoms with Crippen molar-refractivity contribution >= 4 is 53.1 Å². The van der Waals surface area contributed by atoms with Gasteiger partial charge >= 0.3 is 0 Å². The third kappa shape index (κ3) is 8.50. The molecule has 0 aromatic carbocycles. The Hall–Kier alpha value is -0.890. The second kappa shape index (κ2) is 9.42. The summed E-state index contributed by atoms with van der Waals surface area (Å²) in [6, 6.07) is 0. The Bertz CT molecular complexity index is 527. The topological polar surface area (TPSA) is 97.1 Å². The van der Waals surface area contributed by atoms with Gasteiger partial charge in [0.2, 0.25) is 11.8 Å². The monoisotopic (exact) mass is 384 g/mol. The number of anilines is 1. The van der Waals surface area contributed by atoms with Crippen LogP contribution in [0.1, 0.15) is 40.3 Å². The van der Waals surface area contributed by atoms with Crippen LogP contribution in [0.3, 0.4) is 0 Å². The molecule has 134 valence electrons. The number of hydrogen-bond donors (Lipinski definition) is 3. The van der Waals surface area contributed by atoms with Crippen LogP contribution in [0.5, 0.6) is 0 Å². The number of nitrogens with two attached hydrogens (primary N) is 1. The third-order valence-electron chi connectivity index (χ3n) is 2.78. The van der Waals surface area contributed by atoms with E-state index in [-0.39, 0.29) is 43.0 Å². The first kappa shape index (κ1) is 24.4. The number of carbonyl (C=O) groups excluding carboxylic acids is 2. The molecule has 1 heterocycles. The van der Waals surface area contributed by atoms with Gasteiger partial charge in [0.25, 0.3) is 0 Å².